The molecule has 0 amide bonds. The van der Waals surface area contributed by atoms with Crippen LogP contribution >= 0.6 is 11.6 Å². The van der Waals surface area contributed by atoms with Gasteiger partial charge in [-0.15, -0.1) is 0 Å². The zero-order valence-electron chi connectivity index (χ0n) is 8.72. The van der Waals surface area contributed by atoms with Crippen LogP contribution in [0.1, 0.15) is 13.3 Å². The standard InChI is InChI=1S/C10H9ClN3O.Y/c1-7-5-8(6-15)14(13-7)10-9(11)3-2-4-12-10;/h2-4,8H,5H2,1H3;/q-1;. The van der Waals surface area contributed by atoms with Gasteiger partial charge >= 0.3 is 0 Å². The van der Waals surface area contributed by atoms with Crippen LogP contribution < -0.4 is 5.01 Å². The second-order valence-corrected chi connectivity index (χ2v) is 3.73. The maximum absolute atomic E-state index is 10.7. The number of aromatic nitrogens is 1. The normalized spacial score (nSPS) is 19.0. The van der Waals surface area contributed by atoms with Crippen molar-refractivity contribution in [2.75, 3.05) is 5.01 Å². The van der Waals surface area contributed by atoms with Gasteiger partial charge in [-0.1, -0.05) is 11.6 Å². The molecule has 0 saturated carbocycles. The number of pyridine rings is 1. The van der Waals surface area contributed by atoms with Gasteiger partial charge in [0.1, 0.15) is 0 Å². The summed E-state index contributed by atoms with van der Waals surface area (Å²) in [6.07, 6.45) is 4.13. The molecule has 0 fully saturated rings. The van der Waals surface area contributed by atoms with Gasteiger partial charge in [0, 0.05) is 44.6 Å². The van der Waals surface area contributed by atoms with Crippen molar-refractivity contribution in [3.05, 3.63) is 23.4 Å². The monoisotopic (exact) mass is 311 g/mol. The molecule has 1 aliphatic rings. The van der Waals surface area contributed by atoms with E-state index in [4.69, 9.17) is 11.6 Å². The van der Waals surface area contributed by atoms with E-state index in [2.05, 4.69) is 10.1 Å². The number of nitrogens with zero attached hydrogens (tertiary/aromatic N) is 3. The van der Waals surface area contributed by atoms with E-state index in [1.165, 1.54) is 5.01 Å². The van der Waals surface area contributed by atoms with Crippen LogP contribution in [0.4, 0.5) is 5.82 Å². The Morgan fingerprint density at radius 3 is 3.00 bits per heavy atom. The zero-order valence-corrected chi connectivity index (χ0v) is 12.3. The fraction of sp³-hybridized carbons (Fsp3) is 0.300. The van der Waals surface area contributed by atoms with Crippen LogP contribution in [0, 0.1) is 0 Å². The molecule has 2 heterocycles. The molecule has 1 unspecified atom stereocenters. The summed E-state index contributed by atoms with van der Waals surface area (Å²) in [4.78, 5) is 14.8. The third kappa shape index (κ3) is 2.68. The number of hydrogen-bond acceptors (Lipinski definition) is 4. The largest absolute Gasteiger partial charge is 0.540 e. The van der Waals surface area contributed by atoms with E-state index in [-0.39, 0.29) is 32.7 Å². The summed E-state index contributed by atoms with van der Waals surface area (Å²) in [5.74, 6) is 0.504. The van der Waals surface area contributed by atoms with Crippen molar-refractivity contribution in [3.63, 3.8) is 0 Å². The third-order valence-corrected chi connectivity index (χ3v) is 2.45. The van der Waals surface area contributed by atoms with E-state index in [9.17, 15) is 4.79 Å². The van der Waals surface area contributed by atoms with Crippen molar-refractivity contribution in [3.8, 4) is 0 Å². The number of carbonyl (C=O) groups excluding carboxylic acids is 1. The van der Waals surface area contributed by atoms with Gasteiger partial charge in [-0.05, 0) is 31.5 Å². The molecule has 1 atom stereocenters. The van der Waals surface area contributed by atoms with Crippen molar-refractivity contribution in [2.45, 2.75) is 19.4 Å². The number of anilines is 1. The Morgan fingerprint density at radius 1 is 1.62 bits per heavy atom. The van der Waals surface area contributed by atoms with E-state index >= 15 is 0 Å². The Hall–Kier alpha value is -0.316. The second kappa shape index (κ2) is 5.85. The van der Waals surface area contributed by atoms with Gasteiger partial charge < -0.3 is 4.79 Å². The summed E-state index contributed by atoms with van der Waals surface area (Å²) < 4.78 is 0. The molecule has 0 bridgehead atoms. The molecule has 1 aromatic rings. The van der Waals surface area contributed by atoms with Crippen LogP contribution in [0.5, 0.6) is 0 Å². The molecule has 6 heteroatoms. The van der Waals surface area contributed by atoms with Gasteiger partial charge in [0.2, 0.25) is 0 Å². The maximum Gasteiger partial charge on any atom is 0.165 e. The van der Waals surface area contributed by atoms with E-state index in [1.807, 2.05) is 13.2 Å². The Morgan fingerprint density at radius 2 is 2.38 bits per heavy atom. The van der Waals surface area contributed by atoms with E-state index in [0.29, 0.717) is 17.3 Å². The fourth-order valence-electron chi connectivity index (χ4n) is 1.49. The molecule has 1 aliphatic heterocycles. The predicted molar refractivity (Wildman–Crippen MR) is 58.9 cm³/mol. The summed E-state index contributed by atoms with van der Waals surface area (Å²) in [6, 6.07) is 3.05. The Kier molecular flexibility index (Phi) is 5.02. The van der Waals surface area contributed by atoms with Crippen LogP contribution in [0.2, 0.25) is 5.02 Å². The topological polar surface area (TPSA) is 45.6 Å². The average Bonchev–Trinajstić information content (AvgIpc) is 2.60. The van der Waals surface area contributed by atoms with Crippen LogP contribution in [-0.4, -0.2) is 23.0 Å². The Labute approximate surface area is 124 Å². The molecule has 16 heavy (non-hydrogen) atoms. The first-order chi connectivity index (χ1) is 7.22. The number of halogens is 1. The quantitative estimate of drug-likeness (QED) is 0.782. The Balaban J connectivity index is 0.00000128. The molecule has 1 aromatic heterocycles. The SMILES string of the molecule is CC1=NN(c2ncccc2Cl)C([C-]=O)C1.[Y]. The van der Waals surface area contributed by atoms with E-state index in [1.54, 1.807) is 18.3 Å². The van der Waals surface area contributed by atoms with E-state index in [0.717, 1.165) is 5.71 Å². The summed E-state index contributed by atoms with van der Waals surface area (Å²) >= 11 is 5.97. The summed E-state index contributed by atoms with van der Waals surface area (Å²) in [5, 5.41) is 6.21. The Bertz CT molecular complexity index is 424. The van der Waals surface area contributed by atoms with Gasteiger partial charge in [0.25, 0.3) is 0 Å². The minimum atomic E-state index is -0.405. The first kappa shape index (κ1) is 13.7. The predicted octanol–water partition coefficient (Wildman–Crippen LogP) is 1.80. The van der Waals surface area contributed by atoms with Crippen molar-refractivity contribution in [1.29, 1.82) is 0 Å². The number of rotatable bonds is 2. The second-order valence-electron chi connectivity index (χ2n) is 3.33. The van der Waals surface area contributed by atoms with Crippen LogP contribution in [0.25, 0.3) is 0 Å². The number of hydrazone groups is 1. The van der Waals surface area contributed by atoms with Crippen molar-refractivity contribution >= 4 is 29.4 Å². The number of hydrogen-bond donors (Lipinski definition) is 0. The molecule has 0 N–H and O–H groups in total. The van der Waals surface area contributed by atoms with Crippen molar-refractivity contribution in [2.24, 2.45) is 5.10 Å². The first-order valence-electron chi connectivity index (χ1n) is 4.54. The molecule has 4 nitrogen and oxygen atoms in total. The molecular weight excluding hydrogens is 302 g/mol. The minimum absolute atomic E-state index is 0. The summed E-state index contributed by atoms with van der Waals surface area (Å²) in [6.45, 7) is 1.86. The van der Waals surface area contributed by atoms with Gasteiger partial charge in [0.05, 0.1) is 5.02 Å². The van der Waals surface area contributed by atoms with Gasteiger partial charge in [-0.25, -0.2) is 11.3 Å². The first-order valence-corrected chi connectivity index (χ1v) is 4.91. The van der Waals surface area contributed by atoms with Crippen LogP contribution in [0.15, 0.2) is 23.4 Å². The summed E-state index contributed by atoms with van der Waals surface area (Å²) in [5.41, 5.74) is 0.880. The van der Waals surface area contributed by atoms with Gasteiger partial charge in [-0.2, -0.15) is 5.10 Å². The fourth-order valence-corrected chi connectivity index (χ4v) is 1.70. The summed E-state index contributed by atoms with van der Waals surface area (Å²) in [7, 11) is 0. The van der Waals surface area contributed by atoms with Crippen molar-refractivity contribution in [1.82, 2.24) is 4.98 Å². The minimum Gasteiger partial charge on any atom is -0.540 e. The van der Waals surface area contributed by atoms with E-state index < -0.39 is 6.04 Å². The van der Waals surface area contributed by atoms with Crippen LogP contribution in [-0.2, 0) is 37.5 Å². The van der Waals surface area contributed by atoms with Gasteiger partial charge in [-0.3, -0.25) is 5.01 Å². The molecule has 1 radical (unpaired) electrons. The molecule has 2 rings (SSSR count). The molecule has 0 aliphatic carbocycles. The smallest absolute Gasteiger partial charge is 0.165 e. The molecule has 0 spiro atoms. The van der Waals surface area contributed by atoms with Crippen molar-refractivity contribution < 1.29 is 37.5 Å². The molecular formula is C10H9ClN3OY-. The van der Waals surface area contributed by atoms with Gasteiger partial charge in [0.15, 0.2) is 5.82 Å². The average molecular weight is 312 g/mol. The molecule has 81 valence electrons. The molecule has 0 aromatic carbocycles. The zero-order chi connectivity index (χ0) is 10.8. The molecule has 0 saturated heterocycles. The van der Waals surface area contributed by atoms with Crippen LogP contribution in [0.3, 0.4) is 0 Å². The third-order valence-electron chi connectivity index (χ3n) is 2.15. The maximum atomic E-state index is 10.7.